The molecular weight excluding hydrogens is 164 g/mol. The Bertz CT molecular complexity index is 144. The van der Waals surface area contributed by atoms with Crippen LogP contribution in [-0.2, 0) is 4.79 Å². The molecule has 1 amide bonds. The van der Waals surface area contributed by atoms with E-state index in [1.807, 2.05) is 6.92 Å². The summed E-state index contributed by atoms with van der Waals surface area (Å²) in [7, 11) is 0. The fourth-order valence-electron chi connectivity index (χ4n) is 1.83. The van der Waals surface area contributed by atoms with Crippen LogP contribution < -0.4 is 5.32 Å². The molecule has 1 aliphatic rings. The van der Waals surface area contributed by atoms with E-state index in [1.54, 1.807) is 4.90 Å². The summed E-state index contributed by atoms with van der Waals surface area (Å²) in [6.45, 7) is 4.60. The van der Waals surface area contributed by atoms with E-state index in [0.29, 0.717) is 6.04 Å². The molecule has 0 aromatic rings. The smallest absolute Gasteiger partial charge is 0.209 e. The second kappa shape index (κ2) is 5.97. The van der Waals surface area contributed by atoms with Crippen molar-refractivity contribution >= 4 is 6.41 Å². The van der Waals surface area contributed by atoms with Crippen LogP contribution in [0, 0.1) is 0 Å². The van der Waals surface area contributed by atoms with Crippen LogP contribution in [0.5, 0.6) is 0 Å². The lowest BCUT2D eigenvalue weighted by atomic mass is 10.2. The van der Waals surface area contributed by atoms with E-state index in [9.17, 15) is 4.79 Å². The number of nitrogens with zero attached hydrogens (tertiary/aromatic N) is 1. The maximum Gasteiger partial charge on any atom is 0.209 e. The van der Waals surface area contributed by atoms with Crippen LogP contribution in [-0.4, -0.2) is 37.0 Å². The highest BCUT2D eigenvalue weighted by molar-refractivity contribution is 5.46. The molecule has 0 spiro atoms. The summed E-state index contributed by atoms with van der Waals surface area (Å²) < 4.78 is 0. The Kier molecular flexibility index (Phi) is 4.83. The van der Waals surface area contributed by atoms with Gasteiger partial charge in [-0.15, -0.1) is 0 Å². The van der Waals surface area contributed by atoms with Gasteiger partial charge in [0.1, 0.15) is 0 Å². The van der Waals surface area contributed by atoms with Crippen LogP contribution in [0.1, 0.15) is 32.6 Å². The Morgan fingerprint density at radius 1 is 1.46 bits per heavy atom. The number of nitrogens with one attached hydrogen (secondary N) is 1. The summed E-state index contributed by atoms with van der Waals surface area (Å²) in [5, 5.41) is 3.48. The molecule has 0 aromatic heterocycles. The minimum atomic E-state index is 0.713. The molecule has 1 aliphatic carbocycles. The van der Waals surface area contributed by atoms with E-state index >= 15 is 0 Å². The fourth-order valence-corrected chi connectivity index (χ4v) is 1.83. The molecule has 0 saturated heterocycles. The molecule has 0 heterocycles. The highest BCUT2D eigenvalue weighted by Gasteiger charge is 2.13. The van der Waals surface area contributed by atoms with E-state index < -0.39 is 0 Å². The zero-order valence-electron chi connectivity index (χ0n) is 8.46. The molecule has 0 aromatic carbocycles. The zero-order valence-corrected chi connectivity index (χ0v) is 8.46. The second-order valence-electron chi connectivity index (χ2n) is 3.67. The van der Waals surface area contributed by atoms with E-state index in [0.717, 1.165) is 26.0 Å². The molecule has 76 valence electrons. The molecule has 0 unspecified atom stereocenters. The number of hydrogen-bond donors (Lipinski definition) is 1. The van der Waals surface area contributed by atoms with Gasteiger partial charge in [-0.3, -0.25) is 4.79 Å². The van der Waals surface area contributed by atoms with Crippen molar-refractivity contribution in [3.05, 3.63) is 0 Å². The maximum atomic E-state index is 10.5. The number of rotatable bonds is 6. The largest absolute Gasteiger partial charge is 0.344 e. The Labute approximate surface area is 80.5 Å². The van der Waals surface area contributed by atoms with Gasteiger partial charge in [0.2, 0.25) is 6.41 Å². The fraction of sp³-hybridized carbons (Fsp3) is 0.900. The highest BCUT2D eigenvalue weighted by atomic mass is 16.1. The summed E-state index contributed by atoms with van der Waals surface area (Å²) in [6.07, 6.45) is 6.28. The summed E-state index contributed by atoms with van der Waals surface area (Å²) in [5.41, 5.74) is 0. The first kappa shape index (κ1) is 10.5. The van der Waals surface area contributed by atoms with Crippen LogP contribution in [0.25, 0.3) is 0 Å². The third-order valence-corrected chi connectivity index (χ3v) is 2.74. The average molecular weight is 184 g/mol. The van der Waals surface area contributed by atoms with Crippen molar-refractivity contribution in [3.8, 4) is 0 Å². The van der Waals surface area contributed by atoms with Gasteiger partial charge in [-0.1, -0.05) is 12.8 Å². The van der Waals surface area contributed by atoms with Crippen molar-refractivity contribution in [2.24, 2.45) is 0 Å². The quantitative estimate of drug-likeness (QED) is 0.624. The van der Waals surface area contributed by atoms with Crippen molar-refractivity contribution < 1.29 is 4.79 Å². The van der Waals surface area contributed by atoms with Crippen molar-refractivity contribution in [3.63, 3.8) is 0 Å². The molecule has 1 N–H and O–H groups in total. The molecule has 0 atom stereocenters. The van der Waals surface area contributed by atoms with Gasteiger partial charge in [-0.2, -0.15) is 0 Å². The lowest BCUT2D eigenvalue weighted by Crippen LogP contribution is -2.35. The van der Waals surface area contributed by atoms with Crippen LogP contribution in [0.2, 0.25) is 0 Å². The average Bonchev–Trinajstić information content (AvgIpc) is 2.65. The molecule has 3 heteroatoms. The minimum Gasteiger partial charge on any atom is -0.344 e. The Balaban J connectivity index is 2.01. The van der Waals surface area contributed by atoms with E-state index in [-0.39, 0.29) is 0 Å². The highest BCUT2D eigenvalue weighted by Crippen LogP contribution is 2.17. The first-order chi connectivity index (χ1) is 6.36. The standard InChI is InChI=1S/C10H20N2O/c1-2-12(9-13)8-7-11-10-5-3-4-6-10/h9-11H,2-8H2,1H3. The van der Waals surface area contributed by atoms with Gasteiger partial charge < -0.3 is 10.2 Å². The summed E-state index contributed by atoms with van der Waals surface area (Å²) in [5.74, 6) is 0. The van der Waals surface area contributed by atoms with E-state index in [4.69, 9.17) is 0 Å². The molecule has 13 heavy (non-hydrogen) atoms. The van der Waals surface area contributed by atoms with Crippen LogP contribution in [0.4, 0.5) is 0 Å². The molecular formula is C10H20N2O. The topological polar surface area (TPSA) is 32.3 Å². The minimum absolute atomic E-state index is 0.713. The van der Waals surface area contributed by atoms with Crippen molar-refractivity contribution in [1.82, 2.24) is 10.2 Å². The van der Waals surface area contributed by atoms with Crippen molar-refractivity contribution in [1.29, 1.82) is 0 Å². The lowest BCUT2D eigenvalue weighted by molar-refractivity contribution is -0.117. The van der Waals surface area contributed by atoms with Gasteiger partial charge in [0.15, 0.2) is 0 Å². The molecule has 1 rings (SSSR count). The predicted molar refractivity (Wildman–Crippen MR) is 53.6 cm³/mol. The van der Waals surface area contributed by atoms with E-state index in [2.05, 4.69) is 5.32 Å². The molecule has 3 nitrogen and oxygen atoms in total. The van der Waals surface area contributed by atoms with Gasteiger partial charge in [-0.25, -0.2) is 0 Å². The third-order valence-electron chi connectivity index (χ3n) is 2.74. The number of carbonyl (C=O) groups is 1. The lowest BCUT2D eigenvalue weighted by Gasteiger charge is -2.17. The molecule has 0 bridgehead atoms. The van der Waals surface area contributed by atoms with Crippen LogP contribution in [0.15, 0.2) is 0 Å². The van der Waals surface area contributed by atoms with Crippen molar-refractivity contribution in [2.45, 2.75) is 38.6 Å². The maximum absolute atomic E-state index is 10.5. The van der Waals surface area contributed by atoms with Gasteiger partial charge >= 0.3 is 0 Å². The summed E-state index contributed by atoms with van der Waals surface area (Å²) in [6, 6.07) is 0.713. The Morgan fingerprint density at radius 3 is 2.69 bits per heavy atom. The predicted octanol–water partition coefficient (Wildman–Crippen LogP) is 0.997. The monoisotopic (exact) mass is 184 g/mol. The molecule has 0 aliphatic heterocycles. The second-order valence-corrected chi connectivity index (χ2v) is 3.67. The molecule has 0 radical (unpaired) electrons. The van der Waals surface area contributed by atoms with Crippen molar-refractivity contribution in [2.75, 3.05) is 19.6 Å². The first-order valence-corrected chi connectivity index (χ1v) is 5.29. The SMILES string of the molecule is CCN(C=O)CCNC1CCCC1. The Morgan fingerprint density at radius 2 is 2.15 bits per heavy atom. The number of amides is 1. The molecule has 1 fully saturated rings. The summed E-state index contributed by atoms with van der Waals surface area (Å²) >= 11 is 0. The molecule has 1 saturated carbocycles. The van der Waals surface area contributed by atoms with Crippen LogP contribution >= 0.6 is 0 Å². The number of likely N-dealkylation sites (N-methyl/N-ethyl adjacent to an activating group) is 1. The van der Waals surface area contributed by atoms with E-state index in [1.165, 1.54) is 25.7 Å². The first-order valence-electron chi connectivity index (χ1n) is 5.29. The van der Waals surface area contributed by atoms with Gasteiger partial charge in [-0.05, 0) is 19.8 Å². The number of carbonyl (C=O) groups excluding carboxylic acids is 1. The van der Waals surface area contributed by atoms with Crippen LogP contribution in [0.3, 0.4) is 0 Å². The summed E-state index contributed by atoms with van der Waals surface area (Å²) in [4.78, 5) is 12.3. The van der Waals surface area contributed by atoms with Gasteiger partial charge in [0.05, 0.1) is 0 Å². The third kappa shape index (κ3) is 3.77. The zero-order chi connectivity index (χ0) is 9.52. The van der Waals surface area contributed by atoms with Gasteiger partial charge in [0, 0.05) is 25.7 Å². The normalized spacial score (nSPS) is 17.6. The number of hydrogen-bond acceptors (Lipinski definition) is 2. The Hall–Kier alpha value is -0.570. The van der Waals surface area contributed by atoms with Gasteiger partial charge in [0.25, 0.3) is 0 Å².